The fourth-order valence-corrected chi connectivity index (χ4v) is 2.37. The van der Waals surface area contributed by atoms with Gasteiger partial charge in [-0.3, -0.25) is 4.68 Å². The van der Waals surface area contributed by atoms with Crippen LogP contribution in [0.3, 0.4) is 0 Å². The first-order chi connectivity index (χ1) is 8.68. The van der Waals surface area contributed by atoms with Crippen molar-refractivity contribution >= 4 is 11.6 Å². The van der Waals surface area contributed by atoms with Gasteiger partial charge in [-0.05, 0) is 24.8 Å². The Morgan fingerprint density at radius 1 is 1.33 bits per heavy atom. The quantitative estimate of drug-likeness (QED) is 0.901. The molecule has 1 heterocycles. The van der Waals surface area contributed by atoms with E-state index in [4.69, 9.17) is 11.6 Å². The molecular formula is C14H17ClN2O. The van der Waals surface area contributed by atoms with Gasteiger partial charge in [0.15, 0.2) is 0 Å². The Balaban J connectivity index is 1.88. The van der Waals surface area contributed by atoms with Crippen LogP contribution in [0.4, 0.5) is 0 Å². The molecule has 0 spiro atoms. The summed E-state index contributed by atoms with van der Waals surface area (Å²) < 4.78 is 1.63. The van der Waals surface area contributed by atoms with E-state index in [1.165, 1.54) is 5.56 Å². The van der Waals surface area contributed by atoms with Crippen molar-refractivity contribution in [1.82, 2.24) is 9.78 Å². The Bertz CT molecular complexity index is 476. The van der Waals surface area contributed by atoms with Gasteiger partial charge in [0, 0.05) is 7.05 Å². The predicted octanol–water partition coefficient (Wildman–Crippen LogP) is 3.13. The van der Waals surface area contributed by atoms with Crippen molar-refractivity contribution in [2.24, 2.45) is 7.05 Å². The van der Waals surface area contributed by atoms with Crippen LogP contribution in [0.15, 0.2) is 36.5 Å². The minimum Gasteiger partial charge on any atom is -0.387 e. The highest BCUT2D eigenvalue weighted by molar-refractivity contribution is 6.31. The maximum Gasteiger partial charge on any atom is 0.0971 e. The lowest BCUT2D eigenvalue weighted by Crippen LogP contribution is -2.06. The summed E-state index contributed by atoms with van der Waals surface area (Å²) in [5.74, 6) is 0. The molecular weight excluding hydrogens is 248 g/mol. The third-order valence-electron chi connectivity index (χ3n) is 3.04. The van der Waals surface area contributed by atoms with Crippen molar-refractivity contribution in [1.29, 1.82) is 0 Å². The van der Waals surface area contributed by atoms with Gasteiger partial charge in [-0.25, -0.2) is 0 Å². The molecule has 1 aromatic heterocycles. The minimum absolute atomic E-state index is 0.532. The maximum absolute atomic E-state index is 10.1. The van der Waals surface area contributed by atoms with Crippen molar-refractivity contribution in [3.63, 3.8) is 0 Å². The van der Waals surface area contributed by atoms with E-state index in [-0.39, 0.29) is 0 Å². The normalized spacial score (nSPS) is 12.6. The van der Waals surface area contributed by atoms with E-state index in [2.05, 4.69) is 17.2 Å². The number of halogens is 1. The Morgan fingerprint density at radius 2 is 2.06 bits per heavy atom. The average molecular weight is 265 g/mol. The van der Waals surface area contributed by atoms with Crippen LogP contribution < -0.4 is 0 Å². The van der Waals surface area contributed by atoms with Gasteiger partial charge in [0.25, 0.3) is 0 Å². The minimum atomic E-state index is -0.547. The highest BCUT2D eigenvalue weighted by atomic mass is 35.5. The van der Waals surface area contributed by atoms with Gasteiger partial charge in [0.2, 0.25) is 0 Å². The molecule has 0 aliphatic carbocycles. The molecule has 1 unspecified atom stereocenters. The van der Waals surface area contributed by atoms with Gasteiger partial charge >= 0.3 is 0 Å². The van der Waals surface area contributed by atoms with Crippen LogP contribution in [0.5, 0.6) is 0 Å². The first-order valence-electron chi connectivity index (χ1n) is 6.08. The molecule has 0 saturated carbocycles. The van der Waals surface area contributed by atoms with Crippen LogP contribution >= 0.6 is 11.6 Å². The fourth-order valence-electron chi connectivity index (χ4n) is 2.08. The second-order valence-electron chi connectivity index (χ2n) is 4.39. The summed E-state index contributed by atoms with van der Waals surface area (Å²) >= 11 is 5.99. The zero-order valence-corrected chi connectivity index (χ0v) is 11.1. The molecule has 2 rings (SSSR count). The zero-order chi connectivity index (χ0) is 13.0. The van der Waals surface area contributed by atoms with Crippen molar-refractivity contribution in [2.45, 2.75) is 25.4 Å². The van der Waals surface area contributed by atoms with E-state index < -0.39 is 6.10 Å². The lowest BCUT2D eigenvalue weighted by Gasteiger charge is -2.11. The van der Waals surface area contributed by atoms with E-state index in [0.29, 0.717) is 17.1 Å². The second-order valence-corrected chi connectivity index (χ2v) is 4.80. The summed E-state index contributed by atoms with van der Waals surface area (Å²) in [5.41, 5.74) is 1.99. The number of hydrogen-bond donors (Lipinski definition) is 1. The predicted molar refractivity (Wildman–Crippen MR) is 72.6 cm³/mol. The van der Waals surface area contributed by atoms with E-state index in [9.17, 15) is 5.11 Å². The smallest absolute Gasteiger partial charge is 0.0971 e. The molecule has 1 aromatic carbocycles. The largest absolute Gasteiger partial charge is 0.387 e. The van der Waals surface area contributed by atoms with E-state index >= 15 is 0 Å². The highest BCUT2D eigenvalue weighted by Gasteiger charge is 2.15. The summed E-state index contributed by atoms with van der Waals surface area (Å²) in [7, 11) is 1.79. The van der Waals surface area contributed by atoms with E-state index in [1.54, 1.807) is 17.9 Å². The Morgan fingerprint density at radius 3 is 2.67 bits per heavy atom. The van der Waals surface area contributed by atoms with Crippen molar-refractivity contribution in [3.8, 4) is 0 Å². The lowest BCUT2D eigenvalue weighted by molar-refractivity contribution is 0.155. The number of benzene rings is 1. The van der Waals surface area contributed by atoms with Gasteiger partial charge in [-0.2, -0.15) is 5.10 Å². The molecule has 0 aliphatic rings. The second kappa shape index (κ2) is 6.03. The third kappa shape index (κ3) is 3.12. The van der Waals surface area contributed by atoms with Crippen molar-refractivity contribution in [3.05, 3.63) is 52.8 Å². The van der Waals surface area contributed by atoms with Gasteiger partial charge in [-0.1, -0.05) is 41.9 Å². The molecule has 0 aliphatic heterocycles. The Labute approximate surface area is 112 Å². The molecule has 1 atom stereocenters. The summed E-state index contributed by atoms with van der Waals surface area (Å²) in [6, 6.07) is 10.3. The molecule has 0 amide bonds. The molecule has 0 radical (unpaired) electrons. The van der Waals surface area contributed by atoms with Crippen LogP contribution in [0.1, 0.15) is 30.2 Å². The molecule has 4 heteroatoms. The van der Waals surface area contributed by atoms with E-state index in [1.807, 2.05) is 18.2 Å². The molecule has 0 saturated heterocycles. The SMILES string of the molecule is Cn1ncc(Cl)c1C(O)CCCc1ccccc1. The first-order valence-corrected chi connectivity index (χ1v) is 6.45. The number of hydrogen-bond acceptors (Lipinski definition) is 2. The van der Waals surface area contributed by atoms with Crippen molar-refractivity contribution < 1.29 is 5.11 Å². The number of aliphatic hydroxyl groups excluding tert-OH is 1. The summed E-state index contributed by atoms with van der Waals surface area (Å²) in [6.07, 6.45) is 3.60. The number of aliphatic hydroxyl groups is 1. The van der Waals surface area contributed by atoms with Crippen molar-refractivity contribution in [2.75, 3.05) is 0 Å². The molecule has 96 valence electrons. The topological polar surface area (TPSA) is 38.0 Å². The van der Waals surface area contributed by atoms with Gasteiger partial charge in [-0.15, -0.1) is 0 Å². The van der Waals surface area contributed by atoms with Gasteiger partial charge < -0.3 is 5.11 Å². The van der Waals surface area contributed by atoms with Crippen LogP contribution in [0.25, 0.3) is 0 Å². The molecule has 3 nitrogen and oxygen atoms in total. The molecule has 1 N–H and O–H groups in total. The molecule has 18 heavy (non-hydrogen) atoms. The number of nitrogens with zero attached hydrogens (tertiary/aromatic N) is 2. The maximum atomic E-state index is 10.1. The monoisotopic (exact) mass is 264 g/mol. The van der Waals surface area contributed by atoms with Crippen LogP contribution in [-0.4, -0.2) is 14.9 Å². The Hall–Kier alpha value is -1.32. The molecule has 0 bridgehead atoms. The molecule has 0 fully saturated rings. The zero-order valence-electron chi connectivity index (χ0n) is 10.4. The van der Waals surface area contributed by atoms with Gasteiger partial charge in [0.1, 0.15) is 0 Å². The first kappa shape index (κ1) is 13.1. The number of aryl methyl sites for hydroxylation is 2. The average Bonchev–Trinajstić information content (AvgIpc) is 2.70. The third-order valence-corrected chi connectivity index (χ3v) is 3.33. The number of aromatic nitrogens is 2. The number of rotatable bonds is 5. The van der Waals surface area contributed by atoms with Crippen LogP contribution in [-0.2, 0) is 13.5 Å². The van der Waals surface area contributed by atoms with Crippen LogP contribution in [0.2, 0.25) is 5.02 Å². The summed E-state index contributed by atoms with van der Waals surface area (Å²) in [5, 5.41) is 14.7. The lowest BCUT2D eigenvalue weighted by atomic mass is 10.0. The highest BCUT2D eigenvalue weighted by Crippen LogP contribution is 2.25. The standard InChI is InChI=1S/C14H17ClN2O/c1-17-14(12(15)10-16-17)13(18)9-5-8-11-6-3-2-4-7-11/h2-4,6-7,10,13,18H,5,8-9H2,1H3. The Kier molecular flexibility index (Phi) is 4.39. The molecule has 2 aromatic rings. The van der Waals surface area contributed by atoms with E-state index in [0.717, 1.165) is 12.8 Å². The summed E-state index contributed by atoms with van der Waals surface area (Å²) in [4.78, 5) is 0. The summed E-state index contributed by atoms with van der Waals surface area (Å²) in [6.45, 7) is 0. The van der Waals surface area contributed by atoms with Crippen LogP contribution in [0, 0.1) is 0 Å². The van der Waals surface area contributed by atoms with Gasteiger partial charge in [0.05, 0.1) is 23.0 Å². The fraction of sp³-hybridized carbons (Fsp3) is 0.357.